The van der Waals surface area contributed by atoms with Gasteiger partial charge in [0.05, 0.1) is 91.1 Å². The maximum Gasteiger partial charge on any atom is 0.472 e. The zero-order valence-corrected chi connectivity index (χ0v) is 81.9. The lowest BCUT2D eigenvalue weighted by Crippen LogP contribution is -2.32. The number of nitrogens with zero attached hydrogens (tertiary/aromatic N) is 16. The fourth-order valence-corrected chi connectivity index (χ4v) is 22.3. The maximum absolute atomic E-state index is 14.7. The van der Waals surface area contributed by atoms with E-state index in [4.69, 9.17) is 121 Å². The van der Waals surface area contributed by atoms with Crippen molar-refractivity contribution < 1.29 is 154 Å². The summed E-state index contributed by atoms with van der Waals surface area (Å²) >= 11 is 0. The first-order chi connectivity index (χ1) is 70.3. The molecular formula is C79H97N25O37P6. The molecule has 0 bridgehead atoms. The minimum absolute atomic E-state index is 0.0592. The molecule has 5 aliphatic rings. The second-order valence-corrected chi connectivity index (χ2v) is 42.2. The largest absolute Gasteiger partial charge is 0.485 e. The van der Waals surface area contributed by atoms with Gasteiger partial charge in [0.25, 0.3) is 22.2 Å². The number of anilines is 5. The van der Waals surface area contributed by atoms with Crippen LogP contribution in [-0.4, -0.2) is 253 Å². The van der Waals surface area contributed by atoms with Crippen LogP contribution in [0.25, 0.3) is 55.8 Å². The Balaban J connectivity index is 0.533. The molecule has 6 unspecified atom stereocenters. The molecule has 68 heteroatoms. The van der Waals surface area contributed by atoms with Gasteiger partial charge in [-0.2, -0.15) is 19.9 Å². The van der Waals surface area contributed by atoms with Gasteiger partial charge >= 0.3 is 46.9 Å². The van der Waals surface area contributed by atoms with Crippen molar-refractivity contribution in [1.82, 2.24) is 97.6 Å². The van der Waals surface area contributed by atoms with Gasteiger partial charge < -0.3 is 101 Å². The van der Waals surface area contributed by atoms with E-state index in [1.807, 2.05) is 78.9 Å². The van der Waals surface area contributed by atoms with Crippen molar-refractivity contribution in [3.05, 3.63) is 175 Å². The van der Waals surface area contributed by atoms with Gasteiger partial charge in [-0.25, -0.2) is 62.3 Å². The van der Waals surface area contributed by atoms with Crippen molar-refractivity contribution in [3.8, 4) is 11.5 Å². The third kappa shape index (κ3) is 25.7. The highest BCUT2D eigenvalue weighted by Gasteiger charge is 2.52. The van der Waals surface area contributed by atoms with Crippen molar-refractivity contribution in [2.24, 2.45) is 0 Å². The van der Waals surface area contributed by atoms with Crippen LogP contribution in [0.2, 0.25) is 0 Å². The van der Waals surface area contributed by atoms with E-state index in [1.165, 1.54) is 24.6 Å². The predicted octanol–water partition coefficient (Wildman–Crippen LogP) is 4.28. The summed E-state index contributed by atoms with van der Waals surface area (Å²) in [5.74, 6) is -0.423. The third-order valence-electron chi connectivity index (χ3n) is 23.5. The zero-order valence-electron chi connectivity index (χ0n) is 76.6. The van der Waals surface area contributed by atoms with E-state index in [0.29, 0.717) is 57.0 Å². The number of fused-ring (bicyclic) bond motifs is 5. The molecule has 3 aromatic carbocycles. The fourth-order valence-electron chi connectivity index (χ4n) is 16.8. The number of aromatic amines is 4. The van der Waals surface area contributed by atoms with E-state index in [-0.39, 0.29) is 93.2 Å². The maximum atomic E-state index is 14.7. The van der Waals surface area contributed by atoms with Gasteiger partial charge in [-0.1, -0.05) is 79.6 Å². The number of aromatic nitrogens is 20. The number of hydrogen-bond acceptors (Lipinski definition) is 47. The van der Waals surface area contributed by atoms with Crippen molar-refractivity contribution >= 4 is 132 Å². The minimum Gasteiger partial charge on any atom is -0.485 e. The van der Waals surface area contributed by atoms with Gasteiger partial charge in [0.2, 0.25) is 23.8 Å². The summed E-state index contributed by atoms with van der Waals surface area (Å²) in [5.41, 5.74) is 28.0. The average Bonchev–Trinajstić information content (AvgIpc) is 1.65. The number of benzene rings is 3. The standard InChI is InChI=1S/C79H97N25O37P6/c80-66-61-67(86-35-85-66)100(36-87-61)56-22-47(138-144(114,115)128-31-52-46(137-143(112,113)126-20-17-105)23-57(134-52)101-37-88-62-68(101)92-76(81)96-72(62)106)53(132-56)32-129-146(118,119)140-49-25-59(103-39-90-64-70(103)94-78(83)98-74(64)108)136-55(49)34-131-147(120,121)141-50-26-60(104-40-91-65-71(104)95-79(84)99-75(65)109)135-54(50)33-130-145(116,117)139-48-24-58(102-38-89-63-69(102)93-77(82)97-73(63)107)133-51(48)30-127-142(110,111)125-19-10-2-1-9-18-122-27-43-15-16-44(123-28-41-11-5-3-6-12-41)45(21-43)124-29-42-13-7-4-8-14-42/h3-8,11-16,21,35-40,46-60,105H,1-2,9-10,17-20,22-34H2,(H,110,111)(H,112,113)(H,114,115)(H,116,117)(H,118,119)(H,120,121)(H2,80,85,86)(H3,81,92,96,106)(H3,82,93,97,107)(H3,83,94,98,108)(H3,84,95,99,109)/t46-,47-,48-,49-,50-,51+,52+,53+,54+,55+,56+,57+,58+,59+,60+/m0/s1. The molecule has 0 radical (unpaired) electrons. The first-order valence-electron chi connectivity index (χ1n) is 45.0. The smallest absolute Gasteiger partial charge is 0.472 e. The Hall–Kier alpha value is -11.4. The number of nitrogen functional groups attached to an aromatic ring is 5. The number of aliphatic hydroxyl groups is 1. The number of ether oxygens (including phenoxy) is 8. The molecule has 10 aromatic heterocycles. The second kappa shape index (κ2) is 44.8. The Bertz CT molecular complexity index is 7470. The first-order valence-corrected chi connectivity index (χ1v) is 53.9. The van der Waals surface area contributed by atoms with Gasteiger partial charge in [0.1, 0.15) is 117 Å². The Labute approximate surface area is 824 Å². The molecule has 147 heavy (non-hydrogen) atoms. The molecule has 62 nitrogen and oxygen atoms in total. The SMILES string of the molecule is Nc1nc2c(ncn2[C@H]2C[C@H](OP(=O)(O)OC[C@H]3O[C@@H](n4cnc5c(=O)[nH]c(N)nc54)C[C@@H]3OP(=O)(O)OC[C@H]3O[C@@H](n4cnc5c(=O)[nH]c(N)nc54)C[C@@H]3OP(=O)(O)OC[C@H]3O[C@@H](n4cnc5c(N)ncnc54)C[C@@H]3OP(=O)(O)OC[C@H]3O[C@@H](n4cnc5c(=O)[nH]c(N)nc54)C[C@@H]3OP(=O)(O)OCCO)[C@@H](COP(=O)(O)OCCCCCCOCc3ccc(OCc4ccccc4)c(OCc4ccccc4)c3)O2)c(=O)[nH]1. The van der Waals surface area contributed by atoms with E-state index >= 15 is 0 Å². The van der Waals surface area contributed by atoms with Gasteiger partial charge in [-0.05, 0) is 41.7 Å². The molecule has 21 N–H and O–H groups in total. The summed E-state index contributed by atoms with van der Waals surface area (Å²) < 4.78 is 207. The Kier molecular flexibility index (Phi) is 32.1. The Morgan fingerprint density at radius 2 is 0.653 bits per heavy atom. The lowest BCUT2D eigenvalue weighted by Gasteiger charge is -2.26. The summed E-state index contributed by atoms with van der Waals surface area (Å²) in [6.07, 6.45) is -17.2. The lowest BCUT2D eigenvalue weighted by molar-refractivity contribution is -0.0631. The Morgan fingerprint density at radius 3 is 1.01 bits per heavy atom. The number of unbranched alkanes of at least 4 members (excludes halogenated alkanes) is 3. The zero-order chi connectivity index (χ0) is 103. The summed E-state index contributed by atoms with van der Waals surface area (Å²) in [6.45, 7) is -5.55. The van der Waals surface area contributed by atoms with Gasteiger partial charge in [-0.15, -0.1) is 0 Å². The van der Waals surface area contributed by atoms with Gasteiger partial charge in [0, 0.05) is 38.7 Å². The number of H-pyrrole nitrogens is 4. The molecule has 790 valence electrons. The number of phosphoric ester groups is 6. The topological polar surface area (TPSA) is 857 Å². The average molecular weight is 2170 g/mol. The summed E-state index contributed by atoms with van der Waals surface area (Å²) in [5, 5.41) is 9.36. The van der Waals surface area contributed by atoms with Crippen molar-refractivity contribution in [1.29, 1.82) is 0 Å². The molecule has 0 spiro atoms. The number of imidazole rings is 5. The van der Waals surface area contributed by atoms with Crippen LogP contribution in [0.4, 0.5) is 29.6 Å². The molecule has 18 rings (SSSR count). The molecule has 5 aliphatic heterocycles. The molecule has 13 aromatic rings. The van der Waals surface area contributed by atoms with E-state index in [1.54, 1.807) is 0 Å². The normalized spacial score (nSPS) is 24.8. The monoisotopic (exact) mass is 2170 g/mol. The number of rotatable bonds is 49. The quantitative estimate of drug-likeness (QED) is 0.0187. The number of phosphoric acid groups is 6. The highest BCUT2D eigenvalue weighted by Crippen LogP contribution is 2.58. The summed E-state index contributed by atoms with van der Waals surface area (Å²) in [7, 11) is -32.4. The van der Waals surface area contributed by atoms with Crippen LogP contribution in [0.3, 0.4) is 0 Å². The minimum atomic E-state index is -5.69. The van der Waals surface area contributed by atoms with Crippen LogP contribution < -0.4 is 60.4 Å². The van der Waals surface area contributed by atoms with Crippen molar-refractivity contribution in [2.45, 2.75) is 170 Å². The molecule has 5 saturated heterocycles. The van der Waals surface area contributed by atoms with Crippen molar-refractivity contribution in [2.75, 3.05) is 88.1 Å². The van der Waals surface area contributed by atoms with Crippen LogP contribution in [0.1, 0.15) is 106 Å². The highest BCUT2D eigenvalue weighted by molar-refractivity contribution is 7.48. The molecule has 15 heterocycles. The van der Waals surface area contributed by atoms with Crippen LogP contribution in [0.15, 0.2) is 136 Å². The highest BCUT2D eigenvalue weighted by atomic mass is 31.2. The van der Waals surface area contributed by atoms with Gasteiger partial charge in [0.15, 0.2) is 67.6 Å². The summed E-state index contributed by atoms with van der Waals surface area (Å²) in [6, 6.07) is 25.0. The van der Waals surface area contributed by atoms with E-state index < -0.39 is 245 Å². The van der Waals surface area contributed by atoms with Crippen LogP contribution >= 0.6 is 46.9 Å². The van der Waals surface area contributed by atoms with E-state index in [9.17, 15) is 81.0 Å². The van der Waals surface area contributed by atoms with Crippen molar-refractivity contribution in [3.63, 3.8) is 0 Å². The van der Waals surface area contributed by atoms with Crippen LogP contribution in [0.5, 0.6) is 11.5 Å². The van der Waals surface area contributed by atoms with Crippen LogP contribution in [0, 0.1) is 0 Å². The Morgan fingerprint density at radius 1 is 0.340 bits per heavy atom. The number of nitrogens with two attached hydrogens (primary N) is 5. The predicted molar refractivity (Wildman–Crippen MR) is 501 cm³/mol. The number of aliphatic hydroxyl groups excluding tert-OH is 1. The molecule has 5 fully saturated rings. The molecular weight excluding hydrogens is 2080 g/mol. The first kappa shape index (κ1) is 105. The van der Waals surface area contributed by atoms with Crippen LogP contribution in [-0.2, 0) is 130 Å². The third-order valence-corrected chi connectivity index (χ3v) is 29.6. The van der Waals surface area contributed by atoms with E-state index in [0.717, 1.165) is 52.9 Å². The second-order valence-electron chi connectivity index (χ2n) is 33.7. The molecule has 0 saturated carbocycles. The molecule has 0 aliphatic carbocycles. The number of hydrogen-bond donors (Lipinski definition) is 16. The molecule has 0 amide bonds. The lowest BCUT2D eigenvalue weighted by atomic mass is 10.2. The number of nitrogens with one attached hydrogen (secondary N) is 4. The summed E-state index contributed by atoms with van der Waals surface area (Å²) in [4.78, 5) is 175. The van der Waals surface area contributed by atoms with Gasteiger partial charge in [-0.3, -0.25) is 116 Å². The fraction of sp³-hybridized carbons (Fsp3) is 0.456. The van der Waals surface area contributed by atoms with E-state index in [2.05, 4.69) is 74.8 Å². The molecule has 21 atom stereocenters.